The lowest BCUT2D eigenvalue weighted by molar-refractivity contribution is -0.157. The molecule has 1 aliphatic heterocycles. The van der Waals surface area contributed by atoms with E-state index in [1.165, 1.54) is 0 Å². The van der Waals surface area contributed by atoms with Crippen molar-refractivity contribution in [3.8, 4) is 5.75 Å². The highest BCUT2D eigenvalue weighted by molar-refractivity contribution is 5.31. The van der Waals surface area contributed by atoms with Crippen molar-refractivity contribution in [2.45, 2.75) is 44.3 Å². The lowest BCUT2D eigenvalue weighted by Crippen LogP contribution is -2.45. The highest BCUT2D eigenvalue weighted by Crippen LogP contribution is 2.41. The highest BCUT2D eigenvalue weighted by atomic mass is 16.5. The Bertz CT molecular complexity index is 401. The molecule has 1 aliphatic rings. The van der Waals surface area contributed by atoms with Gasteiger partial charge in [0.1, 0.15) is 5.75 Å². The number of ether oxygens (including phenoxy) is 2. The maximum atomic E-state index is 10.9. The topological polar surface area (TPSA) is 38.7 Å². The Kier molecular flexibility index (Phi) is 3.64. The van der Waals surface area contributed by atoms with E-state index in [2.05, 4.69) is 13.8 Å². The Morgan fingerprint density at radius 1 is 1.33 bits per heavy atom. The average molecular weight is 250 g/mol. The first-order valence-electron chi connectivity index (χ1n) is 6.52. The van der Waals surface area contributed by atoms with Crippen molar-refractivity contribution in [2.24, 2.45) is 0 Å². The number of methoxy groups -OCH3 is 1. The Balaban J connectivity index is 2.23. The first-order valence-corrected chi connectivity index (χ1v) is 6.52. The summed E-state index contributed by atoms with van der Waals surface area (Å²) in [6.45, 7) is 4.77. The molecule has 1 heterocycles. The van der Waals surface area contributed by atoms with Gasteiger partial charge in [0.25, 0.3) is 0 Å². The molecule has 0 spiro atoms. The molecule has 1 N–H and O–H groups in total. The maximum Gasteiger partial charge on any atom is 0.118 e. The zero-order valence-electron chi connectivity index (χ0n) is 11.4. The second-order valence-corrected chi connectivity index (χ2v) is 5.34. The van der Waals surface area contributed by atoms with Crippen LogP contribution >= 0.6 is 0 Å². The predicted molar refractivity (Wildman–Crippen MR) is 70.8 cm³/mol. The minimum atomic E-state index is -0.782. The SMILES string of the molecule is CCC1(C)CC(O)(c2ccc(OC)cc2)CCO1. The summed E-state index contributed by atoms with van der Waals surface area (Å²) in [6, 6.07) is 7.68. The molecule has 3 nitrogen and oxygen atoms in total. The number of rotatable bonds is 3. The molecule has 18 heavy (non-hydrogen) atoms. The third kappa shape index (κ3) is 2.52. The van der Waals surface area contributed by atoms with Crippen LogP contribution in [0.1, 0.15) is 38.7 Å². The molecule has 1 aromatic carbocycles. The number of hydrogen-bond donors (Lipinski definition) is 1. The standard InChI is InChI=1S/C15H22O3/c1-4-14(2)11-15(16,9-10-18-14)12-5-7-13(17-3)8-6-12/h5-8,16H,4,9-11H2,1-3H3. The quantitative estimate of drug-likeness (QED) is 0.896. The van der Waals surface area contributed by atoms with Crippen LogP contribution in [0.3, 0.4) is 0 Å². The number of aliphatic hydroxyl groups is 1. The van der Waals surface area contributed by atoms with Crippen LogP contribution in [-0.2, 0) is 10.3 Å². The molecule has 0 aromatic heterocycles. The minimum Gasteiger partial charge on any atom is -0.497 e. The molecule has 0 aliphatic carbocycles. The first kappa shape index (κ1) is 13.4. The number of benzene rings is 1. The van der Waals surface area contributed by atoms with Crippen molar-refractivity contribution >= 4 is 0 Å². The van der Waals surface area contributed by atoms with Gasteiger partial charge in [0.05, 0.1) is 24.9 Å². The van der Waals surface area contributed by atoms with Gasteiger partial charge in [-0.3, -0.25) is 0 Å². The lowest BCUT2D eigenvalue weighted by atomic mass is 9.77. The van der Waals surface area contributed by atoms with Gasteiger partial charge in [-0.15, -0.1) is 0 Å². The molecule has 0 saturated carbocycles. The molecule has 1 saturated heterocycles. The fourth-order valence-electron chi connectivity index (χ4n) is 2.60. The molecule has 2 rings (SSSR count). The van der Waals surface area contributed by atoms with E-state index in [0.29, 0.717) is 19.4 Å². The summed E-state index contributed by atoms with van der Waals surface area (Å²) in [5.74, 6) is 0.813. The molecule has 100 valence electrons. The maximum absolute atomic E-state index is 10.9. The summed E-state index contributed by atoms with van der Waals surface area (Å²) in [4.78, 5) is 0. The van der Waals surface area contributed by atoms with E-state index in [4.69, 9.17) is 9.47 Å². The van der Waals surface area contributed by atoms with Gasteiger partial charge >= 0.3 is 0 Å². The van der Waals surface area contributed by atoms with Gasteiger partial charge in [0.2, 0.25) is 0 Å². The smallest absolute Gasteiger partial charge is 0.118 e. The summed E-state index contributed by atoms with van der Waals surface area (Å²) >= 11 is 0. The summed E-state index contributed by atoms with van der Waals surface area (Å²) in [6.07, 6.45) is 2.20. The van der Waals surface area contributed by atoms with Gasteiger partial charge in [-0.1, -0.05) is 19.1 Å². The molecular formula is C15H22O3. The van der Waals surface area contributed by atoms with Gasteiger partial charge < -0.3 is 14.6 Å². The van der Waals surface area contributed by atoms with Gasteiger partial charge in [-0.2, -0.15) is 0 Å². The monoisotopic (exact) mass is 250 g/mol. The van der Waals surface area contributed by atoms with E-state index in [1.807, 2.05) is 24.3 Å². The molecule has 0 amide bonds. The molecule has 1 aromatic rings. The molecule has 3 heteroatoms. The van der Waals surface area contributed by atoms with Crippen molar-refractivity contribution in [1.29, 1.82) is 0 Å². The number of hydrogen-bond acceptors (Lipinski definition) is 3. The minimum absolute atomic E-state index is 0.229. The van der Waals surface area contributed by atoms with Crippen LogP contribution in [0.25, 0.3) is 0 Å². The Labute approximate surface area is 109 Å². The second-order valence-electron chi connectivity index (χ2n) is 5.34. The predicted octanol–water partition coefficient (Wildman–Crippen LogP) is 2.86. The first-order chi connectivity index (χ1) is 8.51. The van der Waals surface area contributed by atoms with Crippen molar-refractivity contribution in [3.05, 3.63) is 29.8 Å². The van der Waals surface area contributed by atoms with Crippen LogP contribution in [0, 0.1) is 0 Å². The van der Waals surface area contributed by atoms with Crippen molar-refractivity contribution in [3.63, 3.8) is 0 Å². The zero-order valence-corrected chi connectivity index (χ0v) is 11.4. The summed E-state index contributed by atoms with van der Waals surface area (Å²) in [5, 5.41) is 10.9. The average Bonchev–Trinajstić information content (AvgIpc) is 2.39. The summed E-state index contributed by atoms with van der Waals surface area (Å²) in [7, 11) is 1.65. The van der Waals surface area contributed by atoms with Crippen LogP contribution in [0.5, 0.6) is 5.75 Å². The second kappa shape index (κ2) is 4.90. The Morgan fingerprint density at radius 3 is 2.56 bits per heavy atom. The normalized spacial score (nSPS) is 32.2. The highest BCUT2D eigenvalue weighted by Gasteiger charge is 2.42. The van der Waals surface area contributed by atoms with E-state index in [0.717, 1.165) is 17.7 Å². The van der Waals surface area contributed by atoms with E-state index in [1.54, 1.807) is 7.11 Å². The van der Waals surface area contributed by atoms with Gasteiger partial charge in [-0.25, -0.2) is 0 Å². The molecule has 0 bridgehead atoms. The van der Waals surface area contributed by atoms with Crippen LogP contribution in [0.2, 0.25) is 0 Å². The van der Waals surface area contributed by atoms with E-state index < -0.39 is 5.60 Å². The van der Waals surface area contributed by atoms with Crippen LogP contribution in [0.4, 0.5) is 0 Å². The van der Waals surface area contributed by atoms with E-state index in [-0.39, 0.29) is 5.60 Å². The fraction of sp³-hybridized carbons (Fsp3) is 0.600. The fourth-order valence-corrected chi connectivity index (χ4v) is 2.60. The van der Waals surface area contributed by atoms with Gasteiger partial charge in [0, 0.05) is 12.8 Å². The van der Waals surface area contributed by atoms with Crippen molar-refractivity contribution in [1.82, 2.24) is 0 Å². The van der Waals surface area contributed by atoms with Gasteiger partial charge in [-0.05, 0) is 31.0 Å². The third-order valence-corrected chi connectivity index (χ3v) is 4.01. The molecule has 0 radical (unpaired) electrons. The summed E-state index contributed by atoms with van der Waals surface area (Å²) in [5.41, 5.74) is -0.0614. The van der Waals surface area contributed by atoms with Crippen LogP contribution < -0.4 is 4.74 Å². The zero-order chi connectivity index (χ0) is 13.2. The van der Waals surface area contributed by atoms with Crippen molar-refractivity contribution in [2.75, 3.05) is 13.7 Å². The largest absolute Gasteiger partial charge is 0.497 e. The van der Waals surface area contributed by atoms with Crippen LogP contribution in [0.15, 0.2) is 24.3 Å². The molecule has 2 atom stereocenters. The van der Waals surface area contributed by atoms with Gasteiger partial charge in [0.15, 0.2) is 0 Å². The molecule has 1 fully saturated rings. The molecule has 2 unspecified atom stereocenters. The Morgan fingerprint density at radius 2 is 2.00 bits per heavy atom. The van der Waals surface area contributed by atoms with Crippen molar-refractivity contribution < 1.29 is 14.6 Å². The summed E-state index contributed by atoms with van der Waals surface area (Å²) < 4.78 is 10.9. The molecular weight excluding hydrogens is 228 g/mol. The Hall–Kier alpha value is -1.06. The van der Waals surface area contributed by atoms with Crippen LogP contribution in [-0.4, -0.2) is 24.4 Å². The lowest BCUT2D eigenvalue weighted by Gasteiger charge is -2.43. The van der Waals surface area contributed by atoms with E-state index in [9.17, 15) is 5.11 Å². The third-order valence-electron chi connectivity index (χ3n) is 4.01. The van der Waals surface area contributed by atoms with E-state index >= 15 is 0 Å².